The first-order valence-corrected chi connectivity index (χ1v) is 8.47. The molecule has 0 unspecified atom stereocenters. The van der Waals surface area contributed by atoms with E-state index in [1.54, 1.807) is 12.1 Å². The minimum absolute atomic E-state index is 0.0991. The Kier molecular flexibility index (Phi) is 6.19. The van der Waals surface area contributed by atoms with Gasteiger partial charge in [-0.15, -0.1) is 11.3 Å². The summed E-state index contributed by atoms with van der Waals surface area (Å²) < 4.78 is 5.51. The van der Waals surface area contributed by atoms with Gasteiger partial charge in [-0.1, -0.05) is 48.4 Å². The van der Waals surface area contributed by atoms with Gasteiger partial charge in [-0.3, -0.25) is 4.79 Å². The molecule has 0 radical (unpaired) electrons. The molecular formula is C17H18ClNO3S. The van der Waals surface area contributed by atoms with Crippen molar-refractivity contribution in [3.63, 3.8) is 0 Å². The summed E-state index contributed by atoms with van der Waals surface area (Å²) in [5.41, 5.74) is 2.20. The van der Waals surface area contributed by atoms with E-state index >= 15 is 0 Å². The Morgan fingerprint density at radius 1 is 1.22 bits per heavy atom. The molecule has 1 aromatic heterocycles. The molecule has 0 aliphatic carbocycles. The Labute approximate surface area is 144 Å². The van der Waals surface area contributed by atoms with Crippen LogP contribution >= 0.6 is 22.9 Å². The van der Waals surface area contributed by atoms with Crippen LogP contribution in [0.5, 0.6) is 0 Å². The highest BCUT2D eigenvalue weighted by Crippen LogP contribution is 2.22. The van der Waals surface area contributed by atoms with Crippen LogP contribution in [0.15, 0.2) is 36.4 Å². The van der Waals surface area contributed by atoms with Crippen LogP contribution in [0.3, 0.4) is 0 Å². The lowest BCUT2D eigenvalue weighted by atomic mass is 10.0. The van der Waals surface area contributed by atoms with Crippen molar-refractivity contribution in [3.8, 4) is 0 Å². The van der Waals surface area contributed by atoms with Crippen LogP contribution in [0.25, 0.3) is 0 Å². The topological polar surface area (TPSA) is 55.4 Å². The molecule has 1 atom stereocenters. The van der Waals surface area contributed by atoms with Crippen molar-refractivity contribution in [1.82, 2.24) is 5.32 Å². The van der Waals surface area contributed by atoms with Crippen LogP contribution in [0.4, 0.5) is 0 Å². The molecule has 0 bridgehead atoms. The molecule has 1 heterocycles. The number of hydrogen-bond acceptors (Lipinski definition) is 4. The lowest BCUT2D eigenvalue weighted by Gasteiger charge is -2.17. The van der Waals surface area contributed by atoms with E-state index in [0.717, 1.165) is 23.3 Å². The predicted octanol–water partition coefficient (Wildman–Crippen LogP) is 4.13. The third-order valence-electron chi connectivity index (χ3n) is 3.33. The van der Waals surface area contributed by atoms with Crippen molar-refractivity contribution in [3.05, 3.63) is 56.7 Å². The second kappa shape index (κ2) is 8.13. The second-order valence-corrected chi connectivity index (χ2v) is 6.83. The Morgan fingerprint density at radius 2 is 1.91 bits per heavy atom. The molecule has 0 fully saturated rings. The normalized spacial score (nSPS) is 11.8. The molecule has 2 aromatic rings. The summed E-state index contributed by atoms with van der Waals surface area (Å²) in [5.74, 6) is -0.867. The van der Waals surface area contributed by atoms with Crippen LogP contribution in [0.1, 0.15) is 40.2 Å². The summed E-state index contributed by atoms with van der Waals surface area (Å²) in [7, 11) is 0. The Morgan fingerprint density at radius 3 is 2.48 bits per heavy atom. The van der Waals surface area contributed by atoms with E-state index in [9.17, 15) is 9.59 Å². The molecule has 23 heavy (non-hydrogen) atoms. The van der Waals surface area contributed by atoms with Gasteiger partial charge >= 0.3 is 5.97 Å². The number of amides is 1. The number of rotatable bonds is 6. The van der Waals surface area contributed by atoms with Gasteiger partial charge in [0.05, 0.1) is 10.4 Å². The first kappa shape index (κ1) is 17.5. The standard InChI is InChI=1S/C17H18ClNO3S/c1-3-13(12-6-4-11(2)5-7-12)19-16(20)10-22-17(21)14-8-9-15(18)23-14/h4-9,13H,3,10H2,1-2H3,(H,19,20)/t13-/m0/s1. The largest absolute Gasteiger partial charge is 0.451 e. The van der Waals surface area contributed by atoms with Gasteiger partial charge in [0.15, 0.2) is 6.61 Å². The number of ether oxygens (including phenoxy) is 1. The number of nitrogens with one attached hydrogen (secondary N) is 1. The van der Waals surface area contributed by atoms with E-state index in [1.807, 2.05) is 38.1 Å². The van der Waals surface area contributed by atoms with Gasteiger partial charge < -0.3 is 10.1 Å². The van der Waals surface area contributed by atoms with Crippen LogP contribution in [-0.2, 0) is 9.53 Å². The summed E-state index contributed by atoms with van der Waals surface area (Å²) in [6.45, 7) is 3.70. The van der Waals surface area contributed by atoms with Crippen molar-refractivity contribution < 1.29 is 14.3 Å². The molecule has 4 nitrogen and oxygen atoms in total. The van der Waals surface area contributed by atoms with Crippen LogP contribution in [0, 0.1) is 6.92 Å². The zero-order valence-electron chi connectivity index (χ0n) is 13.0. The molecule has 1 amide bonds. The number of aryl methyl sites for hydroxylation is 1. The van der Waals surface area contributed by atoms with Crippen LogP contribution in [-0.4, -0.2) is 18.5 Å². The Bertz CT molecular complexity index is 681. The van der Waals surface area contributed by atoms with E-state index in [1.165, 1.54) is 5.56 Å². The fourth-order valence-corrected chi connectivity index (χ4v) is 3.02. The fraction of sp³-hybridized carbons (Fsp3) is 0.294. The molecule has 1 aromatic carbocycles. The third-order valence-corrected chi connectivity index (χ3v) is 4.54. The van der Waals surface area contributed by atoms with Gasteiger partial charge in [0, 0.05) is 0 Å². The Hall–Kier alpha value is -1.85. The highest BCUT2D eigenvalue weighted by atomic mass is 35.5. The van der Waals surface area contributed by atoms with Gasteiger partial charge in [-0.25, -0.2) is 4.79 Å². The molecule has 0 spiro atoms. The van der Waals surface area contributed by atoms with Crippen molar-refractivity contribution >= 4 is 34.8 Å². The summed E-state index contributed by atoms with van der Waals surface area (Å²) >= 11 is 6.89. The van der Waals surface area contributed by atoms with Gasteiger partial charge in [0.1, 0.15) is 4.88 Å². The summed E-state index contributed by atoms with van der Waals surface area (Å²) in [4.78, 5) is 24.1. The number of benzene rings is 1. The quantitative estimate of drug-likeness (QED) is 0.796. The minimum atomic E-state index is -0.541. The highest BCUT2D eigenvalue weighted by molar-refractivity contribution is 7.17. The molecule has 2 rings (SSSR count). The fourth-order valence-electron chi connectivity index (χ4n) is 2.08. The van der Waals surface area contributed by atoms with Crippen molar-refractivity contribution in [1.29, 1.82) is 0 Å². The van der Waals surface area contributed by atoms with E-state index in [-0.39, 0.29) is 18.6 Å². The lowest BCUT2D eigenvalue weighted by molar-refractivity contribution is -0.125. The molecule has 0 aliphatic heterocycles. The maximum atomic E-state index is 12.0. The van der Waals surface area contributed by atoms with E-state index in [0.29, 0.717) is 9.21 Å². The van der Waals surface area contributed by atoms with E-state index in [2.05, 4.69) is 5.32 Å². The molecule has 0 saturated carbocycles. The van der Waals surface area contributed by atoms with Crippen molar-refractivity contribution in [2.75, 3.05) is 6.61 Å². The van der Waals surface area contributed by atoms with E-state index in [4.69, 9.17) is 16.3 Å². The first-order chi connectivity index (χ1) is 11.0. The minimum Gasteiger partial charge on any atom is -0.451 e. The Balaban J connectivity index is 1.87. The lowest BCUT2D eigenvalue weighted by Crippen LogP contribution is -2.32. The molecule has 0 aliphatic rings. The van der Waals surface area contributed by atoms with Crippen molar-refractivity contribution in [2.45, 2.75) is 26.3 Å². The predicted molar refractivity (Wildman–Crippen MR) is 92.0 cm³/mol. The average molecular weight is 352 g/mol. The zero-order valence-corrected chi connectivity index (χ0v) is 14.5. The van der Waals surface area contributed by atoms with Crippen molar-refractivity contribution in [2.24, 2.45) is 0 Å². The highest BCUT2D eigenvalue weighted by Gasteiger charge is 2.16. The maximum absolute atomic E-state index is 12.0. The van der Waals surface area contributed by atoms with E-state index < -0.39 is 5.97 Å². The molecular weight excluding hydrogens is 334 g/mol. The summed E-state index contributed by atoms with van der Waals surface area (Å²) in [6, 6.07) is 11.1. The third kappa shape index (κ3) is 5.08. The number of halogens is 1. The van der Waals surface area contributed by atoms with Crippen LogP contribution in [0.2, 0.25) is 4.34 Å². The SMILES string of the molecule is CC[C@H](NC(=O)COC(=O)c1ccc(Cl)s1)c1ccc(C)cc1. The van der Waals surface area contributed by atoms with Crippen LogP contribution < -0.4 is 5.32 Å². The smallest absolute Gasteiger partial charge is 0.348 e. The molecule has 6 heteroatoms. The summed E-state index contributed by atoms with van der Waals surface area (Å²) in [5, 5.41) is 2.88. The molecule has 0 saturated heterocycles. The number of esters is 1. The summed E-state index contributed by atoms with van der Waals surface area (Å²) in [6.07, 6.45) is 0.753. The van der Waals surface area contributed by atoms with Gasteiger partial charge in [-0.05, 0) is 31.0 Å². The number of carbonyl (C=O) groups is 2. The maximum Gasteiger partial charge on any atom is 0.348 e. The molecule has 1 N–H and O–H groups in total. The first-order valence-electron chi connectivity index (χ1n) is 7.28. The monoisotopic (exact) mass is 351 g/mol. The number of carbonyl (C=O) groups excluding carboxylic acids is 2. The molecule has 122 valence electrons. The van der Waals surface area contributed by atoms with Gasteiger partial charge in [0.2, 0.25) is 0 Å². The number of thiophene rings is 1. The number of hydrogen-bond donors (Lipinski definition) is 1. The zero-order chi connectivity index (χ0) is 16.8. The second-order valence-electron chi connectivity index (χ2n) is 5.12. The van der Waals surface area contributed by atoms with Gasteiger partial charge in [0.25, 0.3) is 5.91 Å². The van der Waals surface area contributed by atoms with Gasteiger partial charge in [-0.2, -0.15) is 0 Å². The average Bonchev–Trinajstić information content (AvgIpc) is 2.98.